The van der Waals surface area contributed by atoms with E-state index in [-0.39, 0.29) is 11.7 Å². The highest BCUT2D eigenvalue weighted by atomic mass is 16.2. The second kappa shape index (κ2) is 8.15. The lowest BCUT2D eigenvalue weighted by atomic mass is 10.0. The van der Waals surface area contributed by atoms with Gasteiger partial charge in [-0.05, 0) is 49.5 Å². The molecule has 0 bridgehead atoms. The predicted octanol–water partition coefficient (Wildman–Crippen LogP) is 3.23. The maximum atomic E-state index is 12.4. The number of hydrogen-bond donors (Lipinski definition) is 1. The van der Waals surface area contributed by atoms with Crippen molar-refractivity contribution >= 4 is 17.3 Å². The monoisotopic (exact) mass is 390 g/mol. The molecule has 2 aromatic heterocycles. The molecule has 29 heavy (non-hydrogen) atoms. The Morgan fingerprint density at radius 3 is 2.79 bits per heavy atom. The van der Waals surface area contributed by atoms with E-state index in [0.717, 1.165) is 34.6 Å². The average Bonchev–Trinajstić information content (AvgIpc) is 3.47. The van der Waals surface area contributed by atoms with Crippen molar-refractivity contribution in [2.45, 2.75) is 44.9 Å². The number of carbonyl (C=O) groups is 2. The quantitative estimate of drug-likeness (QED) is 0.736. The molecule has 1 aliphatic carbocycles. The first-order valence-corrected chi connectivity index (χ1v) is 10.1. The van der Waals surface area contributed by atoms with Gasteiger partial charge < -0.3 is 4.90 Å². The summed E-state index contributed by atoms with van der Waals surface area (Å²) >= 11 is 0. The van der Waals surface area contributed by atoms with Crippen LogP contribution in [0.4, 0.5) is 0 Å². The van der Waals surface area contributed by atoms with Gasteiger partial charge in [0.05, 0.1) is 11.4 Å². The van der Waals surface area contributed by atoms with E-state index in [0.29, 0.717) is 37.4 Å². The van der Waals surface area contributed by atoms with Crippen molar-refractivity contribution in [3.8, 4) is 0 Å². The lowest BCUT2D eigenvalue weighted by Gasteiger charge is -2.27. The van der Waals surface area contributed by atoms with E-state index in [4.69, 9.17) is 0 Å². The van der Waals surface area contributed by atoms with Gasteiger partial charge in [0.2, 0.25) is 5.91 Å². The molecule has 0 aromatic carbocycles. The highest BCUT2D eigenvalue weighted by molar-refractivity contribution is 5.93. The minimum atomic E-state index is -0.0125. The number of pyridine rings is 1. The zero-order valence-electron chi connectivity index (χ0n) is 16.8. The van der Waals surface area contributed by atoms with Crippen molar-refractivity contribution in [3.63, 3.8) is 0 Å². The molecular weight excluding hydrogens is 364 g/mol. The largest absolute Gasteiger partial charge is 0.334 e. The zero-order chi connectivity index (χ0) is 20.4. The van der Waals surface area contributed by atoms with E-state index >= 15 is 0 Å². The van der Waals surface area contributed by atoms with Gasteiger partial charge in [-0.1, -0.05) is 18.7 Å². The summed E-state index contributed by atoms with van der Waals surface area (Å²) in [7, 11) is 0. The number of aromatic nitrogens is 3. The van der Waals surface area contributed by atoms with Crippen molar-refractivity contribution in [3.05, 3.63) is 65.3 Å². The summed E-state index contributed by atoms with van der Waals surface area (Å²) in [4.78, 5) is 30.9. The van der Waals surface area contributed by atoms with Crippen molar-refractivity contribution in [1.29, 1.82) is 0 Å². The second-order valence-corrected chi connectivity index (χ2v) is 8.06. The summed E-state index contributed by atoms with van der Waals surface area (Å²) in [6.07, 6.45) is 7.82. The van der Waals surface area contributed by atoms with Crippen LogP contribution >= 0.6 is 0 Å². The van der Waals surface area contributed by atoms with Gasteiger partial charge in [-0.25, -0.2) is 0 Å². The van der Waals surface area contributed by atoms with Crippen LogP contribution in [0.2, 0.25) is 0 Å². The molecule has 1 N–H and O–H groups in total. The maximum Gasteiger partial charge on any atom is 0.249 e. The van der Waals surface area contributed by atoms with Crippen LogP contribution < -0.4 is 0 Å². The van der Waals surface area contributed by atoms with Crippen LogP contribution in [0.25, 0.3) is 5.57 Å². The van der Waals surface area contributed by atoms with Crippen LogP contribution in [0.1, 0.15) is 54.7 Å². The van der Waals surface area contributed by atoms with Crippen LogP contribution in [-0.2, 0) is 22.4 Å². The Bertz CT molecular complexity index is 967. The Morgan fingerprint density at radius 2 is 2.10 bits per heavy atom. The molecule has 1 fully saturated rings. The number of ketones is 1. The van der Waals surface area contributed by atoms with Crippen molar-refractivity contribution in [2.24, 2.45) is 0 Å². The number of amides is 1. The fraction of sp³-hybridized carbons (Fsp3) is 0.391. The first kappa shape index (κ1) is 19.3. The van der Waals surface area contributed by atoms with Gasteiger partial charge in [-0.3, -0.25) is 19.7 Å². The molecule has 4 rings (SSSR count). The summed E-state index contributed by atoms with van der Waals surface area (Å²) in [6, 6.07) is 5.90. The van der Waals surface area contributed by atoms with E-state index in [1.165, 1.54) is 12.8 Å². The molecule has 0 saturated heterocycles. The molecule has 150 valence electrons. The number of nitrogens with one attached hydrogen (secondary N) is 1. The Kier molecular flexibility index (Phi) is 5.43. The summed E-state index contributed by atoms with van der Waals surface area (Å²) in [5, 5.41) is 7.29. The van der Waals surface area contributed by atoms with Crippen LogP contribution in [-0.4, -0.2) is 44.9 Å². The third kappa shape index (κ3) is 4.70. The van der Waals surface area contributed by atoms with E-state index in [9.17, 15) is 9.59 Å². The standard InChI is InChI=1S/C23H26N4O2/c1-15(2)23(29)27-9-3-4-18(14-27)21-8-5-16(13-24-21)10-20(28)11-19-12-22(26-25-19)17-6-7-17/h4-5,8,12-13,17H,1,3,6-7,9-11,14H2,2H3,(H,25,26). The number of hydrogen-bond acceptors (Lipinski definition) is 4. The topological polar surface area (TPSA) is 79.0 Å². The smallest absolute Gasteiger partial charge is 0.249 e. The summed E-state index contributed by atoms with van der Waals surface area (Å²) in [6.45, 7) is 6.73. The molecule has 6 nitrogen and oxygen atoms in total. The fourth-order valence-electron chi connectivity index (χ4n) is 3.65. The number of Topliss-reactive ketones (excluding diaryl/α,β-unsaturated/α-hetero) is 1. The summed E-state index contributed by atoms with van der Waals surface area (Å²) in [5.41, 5.74) is 5.30. The lowest BCUT2D eigenvalue weighted by Crippen LogP contribution is -2.35. The zero-order valence-corrected chi connectivity index (χ0v) is 16.8. The molecule has 6 heteroatoms. The average molecular weight is 390 g/mol. The number of carbonyl (C=O) groups excluding carboxylic acids is 2. The minimum absolute atomic E-state index is 0.0125. The van der Waals surface area contributed by atoms with E-state index in [1.807, 2.05) is 18.2 Å². The molecule has 3 heterocycles. The number of H-pyrrole nitrogens is 1. The first-order valence-electron chi connectivity index (χ1n) is 10.1. The molecule has 0 spiro atoms. The lowest BCUT2D eigenvalue weighted by molar-refractivity contribution is -0.126. The predicted molar refractivity (Wildman–Crippen MR) is 111 cm³/mol. The van der Waals surface area contributed by atoms with Crippen LogP contribution in [0.5, 0.6) is 0 Å². The highest BCUT2D eigenvalue weighted by Crippen LogP contribution is 2.39. The maximum absolute atomic E-state index is 12.4. The Labute approximate surface area is 170 Å². The van der Waals surface area contributed by atoms with Gasteiger partial charge in [0.25, 0.3) is 0 Å². The van der Waals surface area contributed by atoms with Gasteiger partial charge in [-0.15, -0.1) is 0 Å². The van der Waals surface area contributed by atoms with Gasteiger partial charge in [0, 0.05) is 49.3 Å². The Hall–Kier alpha value is -3.02. The van der Waals surface area contributed by atoms with Crippen LogP contribution in [0.15, 0.2) is 42.6 Å². The molecule has 2 aromatic rings. The second-order valence-electron chi connectivity index (χ2n) is 8.06. The molecule has 1 saturated carbocycles. The molecule has 1 amide bonds. The van der Waals surface area contributed by atoms with E-state index in [1.54, 1.807) is 18.0 Å². The Morgan fingerprint density at radius 1 is 1.28 bits per heavy atom. The van der Waals surface area contributed by atoms with Crippen molar-refractivity contribution < 1.29 is 9.59 Å². The third-order valence-corrected chi connectivity index (χ3v) is 5.39. The van der Waals surface area contributed by atoms with Gasteiger partial charge in [-0.2, -0.15) is 5.10 Å². The number of aromatic amines is 1. The third-order valence-electron chi connectivity index (χ3n) is 5.39. The molecule has 0 radical (unpaired) electrons. The molecule has 0 atom stereocenters. The SMILES string of the molecule is C=C(C)C(=O)N1CCC=C(c2ccc(CC(=O)Cc3cc(C4CC4)n[nH]3)cn2)C1. The normalized spacial score (nSPS) is 16.4. The van der Waals surface area contributed by atoms with Crippen molar-refractivity contribution in [1.82, 2.24) is 20.1 Å². The number of rotatable bonds is 7. The summed E-state index contributed by atoms with van der Waals surface area (Å²) in [5.74, 6) is 0.713. The highest BCUT2D eigenvalue weighted by Gasteiger charge is 2.26. The Balaban J connectivity index is 1.34. The van der Waals surface area contributed by atoms with Gasteiger partial charge in [0.15, 0.2) is 0 Å². The van der Waals surface area contributed by atoms with Gasteiger partial charge in [0.1, 0.15) is 5.78 Å². The van der Waals surface area contributed by atoms with Gasteiger partial charge >= 0.3 is 0 Å². The fourth-order valence-corrected chi connectivity index (χ4v) is 3.65. The van der Waals surface area contributed by atoms with Crippen molar-refractivity contribution in [2.75, 3.05) is 13.1 Å². The van der Waals surface area contributed by atoms with E-state index in [2.05, 4.69) is 27.8 Å². The first-order chi connectivity index (χ1) is 14.0. The minimum Gasteiger partial charge on any atom is -0.334 e. The molecule has 0 unspecified atom stereocenters. The molecule has 1 aliphatic heterocycles. The molecule has 2 aliphatic rings. The number of nitrogens with zero attached hydrogens (tertiary/aromatic N) is 3. The molecular formula is C23H26N4O2. The van der Waals surface area contributed by atoms with Crippen LogP contribution in [0, 0.1) is 0 Å². The summed E-state index contributed by atoms with van der Waals surface area (Å²) < 4.78 is 0. The van der Waals surface area contributed by atoms with Crippen LogP contribution in [0.3, 0.4) is 0 Å². The van der Waals surface area contributed by atoms with E-state index < -0.39 is 0 Å².